The number of carbonyl (C=O) groups excluding carboxylic acids is 2. The number of benzene rings is 5. The molecule has 386 valence electrons. The summed E-state index contributed by atoms with van der Waals surface area (Å²) in [6.45, 7) is 2.31. The number of ether oxygens (including phenoxy) is 12. The highest BCUT2D eigenvalue weighted by atomic mass is 16.7. The van der Waals surface area contributed by atoms with Crippen LogP contribution in [0.2, 0.25) is 0 Å². The summed E-state index contributed by atoms with van der Waals surface area (Å²) in [7, 11) is 13.5. The van der Waals surface area contributed by atoms with Crippen molar-refractivity contribution in [2.24, 2.45) is 4.99 Å². The molecule has 0 spiro atoms. The number of likely N-dealkylation sites (N-methyl/N-ethyl adjacent to an activating group) is 2. The number of hydrogen-bond donors (Lipinski definition) is 0. The number of aromatic nitrogens is 1. The van der Waals surface area contributed by atoms with E-state index in [-0.39, 0.29) is 25.7 Å². The van der Waals surface area contributed by atoms with Crippen LogP contribution in [0.3, 0.4) is 0 Å². The van der Waals surface area contributed by atoms with E-state index in [2.05, 4.69) is 31.9 Å². The number of hydrogen-bond acceptors (Lipinski definition) is 18. The predicted octanol–water partition coefficient (Wildman–Crippen LogP) is 8.45. The van der Waals surface area contributed by atoms with Gasteiger partial charge in [-0.1, -0.05) is 42.5 Å². The number of esters is 2. The summed E-state index contributed by atoms with van der Waals surface area (Å²) in [5.41, 5.74) is 10.1. The van der Waals surface area contributed by atoms with E-state index in [9.17, 15) is 9.59 Å². The Hall–Kier alpha value is -8.22. The molecule has 7 aliphatic rings. The lowest BCUT2D eigenvalue weighted by Crippen LogP contribution is -2.37. The molecule has 0 amide bonds. The maximum absolute atomic E-state index is 13.3. The lowest BCUT2D eigenvalue weighted by atomic mass is 9.81. The molecule has 0 bridgehead atoms. The van der Waals surface area contributed by atoms with Gasteiger partial charge in [-0.2, -0.15) is 0 Å². The third kappa shape index (κ3) is 7.28. The van der Waals surface area contributed by atoms with Crippen LogP contribution in [0.15, 0.2) is 72.0 Å². The molecular weight excluding hydrogens is 965 g/mol. The Labute approximate surface area is 432 Å². The molecule has 18 heteroatoms. The quantitative estimate of drug-likeness (QED) is 0.119. The first-order valence-electron chi connectivity index (χ1n) is 24.6. The van der Waals surface area contributed by atoms with Crippen LogP contribution in [0.5, 0.6) is 57.5 Å². The zero-order valence-electron chi connectivity index (χ0n) is 42.7. The van der Waals surface area contributed by atoms with E-state index in [0.29, 0.717) is 75.2 Å². The fraction of sp³-hybridized carbons (Fsp3) is 0.333. The van der Waals surface area contributed by atoms with Gasteiger partial charge in [-0.15, -0.1) is 0 Å². The standard InChI is InChI=1S/C31H28N2O7.C26H26N2O7/c1-33-12-11-18-22(20-14-32-13-16-7-5-6-8-17(16)20)29-30(39-15-38-29)28(37-4)23(18)25(33)26-19-9-10-21(35-2)27(36-3)24(19)31(34)40-26;1-28-10-8-14-17(13-7-9-27-11-13)24-25(34-12-33-24)23(32-4)18(14)20(28)21-15-5-6-16(30-2)22(31-3)19(15)26(29)35-21/h5-10,13-14,25-26H,11-12,15H2,1-4H3;5-7,11,20-21H,8-10,12H2,1-4H3/t25-,26+;20-,21+/m11/s1. The van der Waals surface area contributed by atoms with Gasteiger partial charge in [-0.25, -0.2) is 9.59 Å². The molecule has 0 saturated carbocycles. The van der Waals surface area contributed by atoms with Crippen molar-refractivity contribution in [1.82, 2.24) is 14.8 Å². The summed E-state index contributed by atoms with van der Waals surface area (Å²) < 4.78 is 70.1. The van der Waals surface area contributed by atoms with Crippen molar-refractivity contribution in [3.05, 3.63) is 117 Å². The molecule has 6 aromatic rings. The number of carbonyl (C=O) groups is 2. The SMILES string of the molecule is COc1ccc2c(c1OC)C(=O)O[C@@H]2[C@H]1c2c(c(-c3cncc4ccccc34)c3c(c2OC)OCO3)CCN1C.COc1ccc2c(c1OC)C(=O)O[C@@H]2[C@H]1c2c(c(C3=CCN=C3)c3c(c2OC)OCO3)CCN1C. The second kappa shape index (κ2) is 18.9. The second-order valence-corrected chi connectivity index (χ2v) is 18.8. The Morgan fingerprint density at radius 1 is 0.560 bits per heavy atom. The number of cyclic esters (lactones) is 2. The van der Waals surface area contributed by atoms with Gasteiger partial charge < -0.3 is 56.8 Å². The number of aliphatic imine (C=N–C) groups is 1. The lowest BCUT2D eigenvalue weighted by molar-refractivity contribution is 0.00807. The Morgan fingerprint density at radius 2 is 1.07 bits per heavy atom. The molecule has 7 aliphatic heterocycles. The molecule has 4 atom stereocenters. The van der Waals surface area contributed by atoms with E-state index in [0.717, 1.165) is 92.3 Å². The fourth-order valence-corrected chi connectivity index (χ4v) is 12.1. The molecular formula is C57H54N4O14. The first-order valence-corrected chi connectivity index (χ1v) is 24.6. The van der Waals surface area contributed by atoms with E-state index in [1.54, 1.807) is 40.6 Å². The van der Waals surface area contributed by atoms with Gasteiger partial charge in [0, 0.05) is 81.6 Å². The van der Waals surface area contributed by atoms with Gasteiger partial charge in [0.15, 0.2) is 46.0 Å². The summed E-state index contributed by atoms with van der Waals surface area (Å²) >= 11 is 0. The first-order chi connectivity index (χ1) is 36.6. The van der Waals surface area contributed by atoms with Crippen molar-refractivity contribution >= 4 is 34.5 Å². The lowest BCUT2D eigenvalue weighted by Gasteiger charge is -2.39. The largest absolute Gasteiger partial charge is 0.493 e. The third-order valence-electron chi connectivity index (χ3n) is 15.3. The smallest absolute Gasteiger partial charge is 0.343 e. The van der Waals surface area contributed by atoms with Gasteiger partial charge in [0.2, 0.25) is 25.1 Å². The Balaban J connectivity index is 0.000000153. The summed E-state index contributed by atoms with van der Waals surface area (Å²) in [5, 5.41) is 2.09. The number of allylic oxidation sites excluding steroid dienone is 1. The molecule has 0 unspecified atom stereocenters. The van der Waals surface area contributed by atoms with Crippen molar-refractivity contribution in [3.63, 3.8) is 0 Å². The Kier molecular flexibility index (Phi) is 12.1. The van der Waals surface area contributed by atoms with Crippen molar-refractivity contribution in [2.45, 2.75) is 37.1 Å². The van der Waals surface area contributed by atoms with Crippen LogP contribution >= 0.6 is 0 Å². The van der Waals surface area contributed by atoms with Crippen LogP contribution < -0.4 is 47.4 Å². The Bertz CT molecular complexity index is 3420. The summed E-state index contributed by atoms with van der Waals surface area (Å²) in [4.78, 5) is 39.8. The summed E-state index contributed by atoms with van der Waals surface area (Å²) in [6.07, 6.45) is 8.01. The number of nitrogens with zero attached hydrogens (tertiary/aromatic N) is 4. The van der Waals surface area contributed by atoms with E-state index in [1.165, 1.54) is 14.2 Å². The number of rotatable bonds is 10. The maximum atomic E-state index is 13.3. The number of pyridine rings is 1. The highest BCUT2D eigenvalue weighted by Gasteiger charge is 2.49. The summed E-state index contributed by atoms with van der Waals surface area (Å²) in [6, 6.07) is 14.8. The van der Waals surface area contributed by atoms with Crippen LogP contribution in [0.4, 0.5) is 0 Å². The molecule has 5 aromatic carbocycles. The minimum Gasteiger partial charge on any atom is -0.493 e. The van der Waals surface area contributed by atoms with E-state index in [4.69, 9.17) is 56.8 Å². The molecule has 0 saturated heterocycles. The molecule has 0 aliphatic carbocycles. The molecule has 75 heavy (non-hydrogen) atoms. The number of methoxy groups -OCH3 is 6. The molecule has 1 aromatic heterocycles. The van der Waals surface area contributed by atoms with Gasteiger partial charge in [0.1, 0.15) is 23.3 Å². The highest BCUT2D eigenvalue weighted by molar-refractivity contribution is 6.14. The van der Waals surface area contributed by atoms with Crippen molar-refractivity contribution in [3.8, 4) is 68.6 Å². The van der Waals surface area contributed by atoms with Crippen molar-refractivity contribution in [1.29, 1.82) is 0 Å². The summed E-state index contributed by atoms with van der Waals surface area (Å²) in [5.74, 6) is 4.44. The highest BCUT2D eigenvalue weighted by Crippen LogP contribution is 2.61. The van der Waals surface area contributed by atoms with E-state index in [1.807, 2.05) is 63.0 Å². The van der Waals surface area contributed by atoms with Crippen LogP contribution in [0.1, 0.15) is 84.0 Å². The molecule has 13 rings (SSSR count). The topological polar surface area (TPSA) is 177 Å². The third-order valence-corrected chi connectivity index (χ3v) is 15.3. The first kappa shape index (κ1) is 47.8. The predicted molar refractivity (Wildman–Crippen MR) is 274 cm³/mol. The molecule has 0 radical (unpaired) electrons. The minimum absolute atomic E-state index is 0.0819. The minimum atomic E-state index is -0.612. The van der Waals surface area contributed by atoms with Crippen LogP contribution in [0.25, 0.3) is 27.5 Å². The van der Waals surface area contributed by atoms with E-state index >= 15 is 0 Å². The molecule has 0 N–H and O–H groups in total. The zero-order chi connectivity index (χ0) is 51.8. The van der Waals surface area contributed by atoms with E-state index < -0.39 is 24.1 Å². The van der Waals surface area contributed by atoms with Gasteiger partial charge in [0.05, 0.1) is 61.3 Å². The van der Waals surface area contributed by atoms with Crippen LogP contribution in [0, 0.1) is 0 Å². The van der Waals surface area contributed by atoms with Gasteiger partial charge in [0.25, 0.3) is 0 Å². The van der Waals surface area contributed by atoms with Crippen molar-refractivity contribution in [2.75, 3.05) is 90.0 Å². The van der Waals surface area contributed by atoms with Gasteiger partial charge >= 0.3 is 11.9 Å². The van der Waals surface area contributed by atoms with Crippen LogP contribution in [-0.4, -0.2) is 123 Å². The monoisotopic (exact) mass is 1020 g/mol. The normalized spacial score (nSPS) is 20.5. The average molecular weight is 1020 g/mol. The number of fused-ring (bicyclic) bond motifs is 7. The zero-order valence-corrected chi connectivity index (χ0v) is 42.7. The fourth-order valence-electron chi connectivity index (χ4n) is 12.1. The Morgan fingerprint density at radius 3 is 1.57 bits per heavy atom. The van der Waals surface area contributed by atoms with Crippen LogP contribution in [-0.2, 0) is 22.3 Å². The van der Waals surface area contributed by atoms with Crippen molar-refractivity contribution < 1.29 is 66.4 Å². The van der Waals surface area contributed by atoms with Gasteiger partial charge in [-0.05, 0) is 55.6 Å². The van der Waals surface area contributed by atoms with Gasteiger partial charge in [-0.3, -0.25) is 19.8 Å². The maximum Gasteiger partial charge on any atom is 0.343 e. The average Bonchev–Trinajstić information content (AvgIpc) is 4.36. The molecule has 0 fully saturated rings. The molecule has 18 nitrogen and oxygen atoms in total. The second-order valence-electron chi connectivity index (χ2n) is 18.8. The molecule has 8 heterocycles.